The van der Waals surface area contributed by atoms with E-state index in [1.807, 2.05) is 13.0 Å². The van der Waals surface area contributed by atoms with Crippen molar-refractivity contribution in [2.75, 3.05) is 19.0 Å². The largest absolute Gasteiger partial charge is 0.480 e. The molecule has 1 rings (SSSR count). The van der Waals surface area contributed by atoms with E-state index in [-0.39, 0.29) is 0 Å². The van der Waals surface area contributed by atoms with Gasteiger partial charge in [-0.2, -0.15) is 0 Å². The molecule has 1 aromatic carbocycles. The number of amides is 2. The molecule has 0 aromatic heterocycles. The normalized spacial score (nSPS) is 11.8. The molecule has 7 heteroatoms. The minimum absolute atomic E-state index is 0.314. The number of halogens is 1. The molecule has 1 atom stereocenters. The van der Waals surface area contributed by atoms with Gasteiger partial charge in [-0.3, -0.25) is 0 Å². The summed E-state index contributed by atoms with van der Waals surface area (Å²) in [4.78, 5) is 22.9. The van der Waals surface area contributed by atoms with Crippen LogP contribution in [0.25, 0.3) is 0 Å². The van der Waals surface area contributed by atoms with Gasteiger partial charge in [0.25, 0.3) is 0 Å². The van der Waals surface area contributed by atoms with Crippen LogP contribution in [0, 0.1) is 6.92 Å². The van der Waals surface area contributed by atoms with E-state index >= 15 is 0 Å². The maximum atomic E-state index is 11.9. The van der Waals surface area contributed by atoms with Crippen LogP contribution in [0.4, 0.5) is 10.5 Å². The molecule has 21 heavy (non-hydrogen) atoms. The predicted molar refractivity (Wildman–Crippen MR) is 83.6 cm³/mol. The minimum atomic E-state index is -1.06. The third kappa shape index (κ3) is 6.59. The van der Waals surface area contributed by atoms with E-state index in [0.717, 1.165) is 10.0 Å². The molecule has 1 unspecified atom stereocenters. The molecule has 2 amide bonds. The first-order valence-corrected chi connectivity index (χ1v) is 7.28. The number of benzene rings is 1. The lowest BCUT2D eigenvalue weighted by Gasteiger charge is -2.15. The second kappa shape index (κ2) is 8.63. The molecule has 0 heterocycles. The Balaban J connectivity index is 2.58. The number of aryl methyl sites for hydroxylation is 1. The van der Waals surface area contributed by atoms with Crippen molar-refractivity contribution in [3.8, 4) is 0 Å². The van der Waals surface area contributed by atoms with Gasteiger partial charge in [-0.25, -0.2) is 9.59 Å². The Bertz CT molecular complexity index is 487. The summed E-state index contributed by atoms with van der Waals surface area (Å²) in [6, 6.07) is 3.97. The van der Waals surface area contributed by atoms with E-state index in [1.165, 1.54) is 0 Å². The standard InChI is InChI=1S/C14H19BrN2O4/c1-9-6-10(15)8-11(7-9)16-14(20)17-12(13(18)19)4-3-5-21-2/h6-8,12H,3-5H2,1-2H3,(H,18,19)(H2,16,17,20). The Labute approximate surface area is 132 Å². The smallest absolute Gasteiger partial charge is 0.326 e. The highest BCUT2D eigenvalue weighted by atomic mass is 79.9. The van der Waals surface area contributed by atoms with E-state index in [9.17, 15) is 9.59 Å². The van der Waals surface area contributed by atoms with Crippen LogP contribution in [0.1, 0.15) is 18.4 Å². The maximum absolute atomic E-state index is 11.9. The molecule has 0 aliphatic carbocycles. The molecule has 0 aliphatic rings. The van der Waals surface area contributed by atoms with Gasteiger partial charge in [-0.15, -0.1) is 0 Å². The molecule has 1 aromatic rings. The van der Waals surface area contributed by atoms with Crippen molar-refractivity contribution in [2.24, 2.45) is 0 Å². The van der Waals surface area contributed by atoms with Crippen LogP contribution in [0.2, 0.25) is 0 Å². The van der Waals surface area contributed by atoms with E-state index in [2.05, 4.69) is 26.6 Å². The number of rotatable bonds is 7. The van der Waals surface area contributed by atoms with Crippen LogP contribution in [0.15, 0.2) is 22.7 Å². The number of urea groups is 1. The van der Waals surface area contributed by atoms with E-state index in [4.69, 9.17) is 9.84 Å². The van der Waals surface area contributed by atoms with Crippen molar-refractivity contribution < 1.29 is 19.4 Å². The van der Waals surface area contributed by atoms with E-state index in [1.54, 1.807) is 19.2 Å². The monoisotopic (exact) mass is 358 g/mol. The lowest BCUT2D eigenvalue weighted by atomic mass is 10.1. The number of hydrogen-bond donors (Lipinski definition) is 3. The minimum Gasteiger partial charge on any atom is -0.480 e. The van der Waals surface area contributed by atoms with Gasteiger partial charge in [0.2, 0.25) is 0 Å². The number of methoxy groups -OCH3 is 1. The second-order valence-electron chi connectivity index (χ2n) is 4.64. The molecule has 0 radical (unpaired) electrons. The van der Waals surface area contributed by atoms with Crippen LogP contribution in [-0.2, 0) is 9.53 Å². The number of carboxylic acid groups (broad SMARTS) is 1. The summed E-state index contributed by atoms with van der Waals surface area (Å²) in [7, 11) is 1.55. The number of anilines is 1. The zero-order chi connectivity index (χ0) is 15.8. The van der Waals surface area contributed by atoms with Gasteiger partial charge in [0.05, 0.1) is 0 Å². The molecule has 0 bridgehead atoms. The summed E-state index contributed by atoms with van der Waals surface area (Å²) >= 11 is 3.34. The van der Waals surface area contributed by atoms with Crippen LogP contribution >= 0.6 is 15.9 Å². The fraction of sp³-hybridized carbons (Fsp3) is 0.429. The molecule has 0 fully saturated rings. The fourth-order valence-electron chi connectivity index (χ4n) is 1.82. The molecule has 0 spiro atoms. The van der Waals surface area contributed by atoms with Crippen LogP contribution < -0.4 is 10.6 Å². The molecule has 0 aliphatic heterocycles. The zero-order valence-electron chi connectivity index (χ0n) is 12.0. The van der Waals surface area contributed by atoms with Gasteiger partial charge in [0.15, 0.2) is 0 Å². The first-order chi connectivity index (χ1) is 9.92. The van der Waals surface area contributed by atoms with Crippen LogP contribution in [0.5, 0.6) is 0 Å². The zero-order valence-corrected chi connectivity index (χ0v) is 13.6. The van der Waals surface area contributed by atoms with E-state index < -0.39 is 18.0 Å². The van der Waals surface area contributed by atoms with Gasteiger partial charge < -0.3 is 20.5 Å². The third-order valence-electron chi connectivity index (χ3n) is 2.74. The molecule has 116 valence electrons. The molecule has 0 saturated carbocycles. The first kappa shape index (κ1) is 17.5. The van der Waals surface area contributed by atoms with Gasteiger partial charge in [-0.05, 0) is 43.5 Å². The van der Waals surface area contributed by atoms with Crippen molar-refractivity contribution in [1.82, 2.24) is 5.32 Å². The highest BCUT2D eigenvalue weighted by molar-refractivity contribution is 9.10. The molecule has 0 saturated heterocycles. The lowest BCUT2D eigenvalue weighted by Crippen LogP contribution is -2.43. The van der Waals surface area contributed by atoms with Crippen molar-refractivity contribution in [3.63, 3.8) is 0 Å². The van der Waals surface area contributed by atoms with Crippen molar-refractivity contribution in [1.29, 1.82) is 0 Å². The average molecular weight is 359 g/mol. The average Bonchev–Trinajstić information content (AvgIpc) is 2.36. The summed E-state index contributed by atoms with van der Waals surface area (Å²) < 4.78 is 5.71. The first-order valence-electron chi connectivity index (χ1n) is 6.49. The van der Waals surface area contributed by atoms with Crippen molar-refractivity contribution in [3.05, 3.63) is 28.2 Å². The third-order valence-corrected chi connectivity index (χ3v) is 3.20. The van der Waals surface area contributed by atoms with Gasteiger partial charge in [0, 0.05) is 23.9 Å². The Morgan fingerprint density at radius 1 is 1.38 bits per heavy atom. The number of carboxylic acids is 1. The number of nitrogens with one attached hydrogen (secondary N) is 2. The highest BCUT2D eigenvalue weighted by Gasteiger charge is 2.19. The van der Waals surface area contributed by atoms with Crippen molar-refractivity contribution in [2.45, 2.75) is 25.8 Å². The van der Waals surface area contributed by atoms with Crippen molar-refractivity contribution >= 4 is 33.6 Å². The van der Waals surface area contributed by atoms with Crippen LogP contribution in [0.3, 0.4) is 0 Å². The summed E-state index contributed by atoms with van der Waals surface area (Å²) in [5, 5.41) is 14.2. The molecular formula is C14H19BrN2O4. The number of ether oxygens (including phenoxy) is 1. The Morgan fingerprint density at radius 3 is 2.67 bits per heavy atom. The Hall–Kier alpha value is -1.60. The molecule has 6 nitrogen and oxygen atoms in total. The summed E-state index contributed by atoms with van der Waals surface area (Å²) in [6.45, 7) is 2.36. The molecule has 3 N–H and O–H groups in total. The van der Waals surface area contributed by atoms with Gasteiger partial charge in [-0.1, -0.05) is 15.9 Å². The quantitative estimate of drug-likeness (QED) is 0.654. The van der Waals surface area contributed by atoms with Gasteiger partial charge in [0.1, 0.15) is 6.04 Å². The number of carbonyl (C=O) groups excluding carboxylic acids is 1. The fourth-order valence-corrected chi connectivity index (χ4v) is 2.43. The Kier molecular flexibility index (Phi) is 7.18. The summed E-state index contributed by atoms with van der Waals surface area (Å²) in [5.41, 5.74) is 1.58. The summed E-state index contributed by atoms with van der Waals surface area (Å²) in [5.74, 6) is -1.06. The lowest BCUT2D eigenvalue weighted by molar-refractivity contribution is -0.139. The van der Waals surface area contributed by atoms with Crippen LogP contribution in [-0.4, -0.2) is 36.9 Å². The highest BCUT2D eigenvalue weighted by Crippen LogP contribution is 2.18. The second-order valence-corrected chi connectivity index (χ2v) is 5.56. The molecular weight excluding hydrogens is 340 g/mol. The number of carbonyl (C=O) groups is 2. The number of aliphatic carboxylic acids is 1. The van der Waals surface area contributed by atoms with E-state index in [0.29, 0.717) is 25.1 Å². The summed E-state index contributed by atoms with van der Waals surface area (Å²) in [6.07, 6.45) is 0.873. The topological polar surface area (TPSA) is 87.7 Å². The number of hydrogen-bond acceptors (Lipinski definition) is 3. The Morgan fingerprint density at radius 2 is 2.10 bits per heavy atom. The maximum Gasteiger partial charge on any atom is 0.326 e. The SMILES string of the molecule is COCCCC(NC(=O)Nc1cc(C)cc(Br)c1)C(=O)O. The van der Waals surface area contributed by atoms with Gasteiger partial charge >= 0.3 is 12.0 Å². The predicted octanol–water partition coefficient (Wildman–Crippen LogP) is 2.76.